The zero-order valence-electron chi connectivity index (χ0n) is 10.4. The molecule has 2 N–H and O–H groups in total. The summed E-state index contributed by atoms with van der Waals surface area (Å²) in [6.45, 7) is 3.44. The lowest BCUT2D eigenvalue weighted by molar-refractivity contribution is -0.140. The molecule has 6 heteroatoms. The first-order chi connectivity index (χ1) is 8.32. The summed E-state index contributed by atoms with van der Waals surface area (Å²) in [5.74, 6) is -2.44. The number of rotatable bonds is 6. The van der Waals surface area contributed by atoms with E-state index in [1.165, 1.54) is 6.92 Å². The zero-order chi connectivity index (χ0) is 13.8. The van der Waals surface area contributed by atoms with Crippen molar-refractivity contribution in [3.63, 3.8) is 0 Å². The molecule has 0 aromatic heterocycles. The van der Waals surface area contributed by atoms with Gasteiger partial charge in [0.05, 0.1) is 11.7 Å². The lowest BCUT2D eigenvalue weighted by Crippen LogP contribution is -2.31. The van der Waals surface area contributed by atoms with Gasteiger partial charge >= 0.3 is 5.97 Å². The lowest BCUT2D eigenvalue weighted by Gasteiger charge is -2.10. The highest BCUT2D eigenvalue weighted by atomic mass is 32.2. The van der Waals surface area contributed by atoms with Gasteiger partial charge in [0.1, 0.15) is 0 Å². The molecule has 5 nitrogen and oxygen atoms in total. The van der Waals surface area contributed by atoms with E-state index < -0.39 is 27.7 Å². The fourth-order valence-corrected chi connectivity index (χ4v) is 2.75. The van der Waals surface area contributed by atoms with Crippen LogP contribution in [0.4, 0.5) is 0 Å². The number of hydrogen-bond donors (Lipinski definition) is 2. The van der Waals surface area contributed by atoms with Crippen LogP contribution in [0, 0.1) is 12.8 Å². The van der Waals surface area contributed by atoms with Crippen molar-refractivity contribution in [1.29, 1.82) is 0 Å². The Morgan fingerprint density at radius 1 is 1.39 bits per heavy atom. The van der Waals surface area contributed by atoms with Gasteiger partial charge in [-0.1, -0.05) is 31.2 Å². The van der Waals surface area contributed by atoms with Gasteiger partial charge in [-0.3, -0.25) is 4.79 Å². The number of aliphatic carboxylic acids is 1. The molecule has 18 heavy (non-hydrogen) atoms. The molecule has 0 saturated heterocycles. The Kier molecular flexibility index (Phi) is 4.86. The van der Waals surface area contributed by atoms with E-state index in [9.17, 15) is 13.2 Å². The molecule has 0 saturated carbocycles. The smallest absolute Gasteiger partial charge is 0.307 e. The van der Waals surface area contributed by atoms with Crippen molar-refractivity contribution >= 4 is 16.0 Å². The molecular formula is C12H17NO4S. The molecule has 0 aliphatic rings. The van der Waals surface area contributed by atoms with Crippen LogP contribution in [-0.4, -0.2) is 25.2 Å². The Balaban J connectivity index is 2.63. The maximum Gasteiger partial charge on any atom is 0.307 e. The summed E-state index contributed by atoms with van der Waals surface area (Å²) in [6.07, 6.45) is 0. The molecule has 1 atom stereocenters. The van der Waals surface area contributed by atoms with Gasteiger partial charge in [0.25, 0.3) is 0 Å². The summed E-state index contributed by atoms with van der Waals surface area (Å²) in [5, 5.41) is 8.68. The van der Waals surface area contributed by atoms with E-state index in [4.69, 9.17) is 5.11 Å². The van der Waals surface area contributed by atoms with Crippen LogP contribution in [0.1, 0.15) is 18.1 Å². The predicted octanol–water partition coefficient (Wildman–Crippen LogP) is 1.14. The van der Waals surface area contributed by atoms with E-state index in [0.717, 1.165) is 11.1 Å². The van der Waals surface area contributed by atoms with Crippen molar-refractivity contribution < 1.29 is 18.3 Å². The topological polar surface area (TPSA) is 83.5 Å². The van der Waals surface area contributed by atoms with Crippen molar-refractivity contribution in [1.82, 2.24) is 4.72 Å². The first kappa shape index (κ1) is 14.7. The van der Waals surface area contributed by atoms with E-state index in [1.54, 1.807) is 0 Å². The molecule has 0 radical (unpaired) electrons. The minimum atomic E-state index is -3.57. The molecule has 0 bridgehead atoms. The SMILES string of the molecule is Cc1ccccc1CNS(=O)(=O)CC(C)C(=O)O. The average Bonchev–Trinajstić information content (AvgIpc) is 2.27. The number of carbonyl (C=O) groups is 1. The molecule has 0 amide bonds. The first-order valence-electron chi connectivity index (χ1n) is 5.56. The molecule has 100 valence electrons. The maximum atomic E-state index is 11.7. The zero-order valence-corrected chi connectivity index (χ0v) is 11.2. The largest absolute Gasteiger partial charge is 0.481 e. The van der Waals surface area contributed by atoms with Gasteiger partial charge in [-0.25, -0.2) is 13.1 Å². The quantitative estimate of drug-likeness (QED) is 0.812. The second kappa shape index (κ2) is 5.97. The molecule has 1 aromatic rings. The molecule has 0 aliphatic heterocycles. The number of carboxylic acid groups (broad SMARTS) is 1. The third-order valence-electron chi connectivity index (χ3n) is 2.63. The van der Waals surface area contributed by atoms with E-state index in [-0.39, 0.29) is 6.54 Å². The van der Waals surface area contributed by atoms with E-state index in [1.807, 2.05) is 31.2 Å². The lowest BCUT2D eigenvalue weighted by atomic mass is 10.1. The number of sulfonamides is 1. The second-order valence-corrected chi connectivity index (χ2v) is 6.12. The normalized spacial score (nSPS) is 13.2. The van der Waals surface area contributed by atoms with Crippen LogP contribution in [0.25, 0.3) is 0 Å². The Bertz CT molecular complexity index is 525. The van der Waals surface area contributed by atoms with Crippen molar-refractivity contribution in [3.05, 3.63) is 35.4 Å². The highest BCUT2D eigenvalue weighted by molar-refractivity contribution is 7.89. The van der Waals surface area contributed by atoms with Crippen molar-refractivity contribution in [2.75, 3.05) is 5.75 Å². The Morgan fingerprint density at radius 3 is 2.56 bits per heavy atom. The fourth-order valence-electron chi connectivity index (χ4n) is 1.46. The van der Waals surface area contributed by atoms with Crippen LogP contribution in [0.2, 0.25) is 0 Å². The fraction of sp³-hybridized carbons (Fsp3) is 0.417. The Labute approximate surface area is 107 Å². The van der Waals surface area contributed by atoms with Crippen LogP contribution in [0.15, 0.2) is 24.3 Å². The Hall–Kier alpha value is -1.40. The number of benzene rings is 1. The number of hydrogen-bond acceptors (Lipinski definition) is 3. The Morgan fingerprint density at radius 2 is 2.00 bits per heavy atom. The third kappa shape index (κ3) is 4.46. The molecule has 0 fully saturated rings. The van der Waals surface area contributed by atoms with Gasteiger partial charge in [0, 0.05) is 6.54 Å². The van der Waals surface area contributed by atoms with E-state index in [0.29, 0.717) is 0 Å². The predicted molar refractivity (Wildman–Crippen MR) is 68.6 cm³/mol. The monoisotopic (exact) mass is 271 g/mol. The highest BCUT2D eigenvalue weighted by Crippen LogP contribution is 2.07. The van der Waals surface area contributed by atoms with Crippen molar-refractivity contribution in [2.24, 2.45) is 5.92 Å². The van der Waals surface area contributed by atoms with Gasteiger partial charge < -0.3 is 5.11 Å². The van der Waals surface area contributed by atoms with Gasteiger partial charge in [-0.05, 0) is 18.1 Å². The third-order valence-corrected chi connectivity index (χ3v) is 4.16. The maximum absolute atomic E-state index is 11.7. The standard InChI is InChI=1S/C12H17NO4S/c1-9-5-3-4-6-11(9)7-13-18(16,17)8-10(2)12(14)15/h3-6,10,13H,7-8H2,1-2H3,(H,14,15). The number of carboxylic acids is 1. The second-order valence-electron chi connectivity index (χ2n) is 4.27. The van der Waals surface area contributed by atoms with E-state index in [2.05, 4.69) is 4.72 Å². The summed E-state index contributed by atoms with van der Waals surface area (Å²) in [4.78, 5) is 10.6. The van der Waals surface area contributed by atoms with E-state index >= 15 is 0 Å². The number of aryl methyl sites for hydroxylation is 1. The van der Waals surface area contributed by atoms with Crippen LogP contribution in [-0.2, 0) is 21.4 Å². The average molecular weight is 271 g/mol. The molecule has 1 rings (SSSR count). The van der Waals surface area contributed by atoms with Gasteiger partial charge in [0.2, 0.25) is 10.0 Å². The molecule has 1 aromatic carbocycles. The van der Waals surface area contributed by atoms with Crippen LogP contribution >= 0.6 is 0 Å². The minimum absolute atomic E-state index is 0.182. The van der Waals surface area contributed by atoms with Crippen molar-refractivity contribution in [3.8, 4) is 0 Å². The summed E-state index contributed by atoms with van der Waals surface area (Å²) in [5.41, 5.74) is 1.87. The summed E-state index contributed by atoms with van der Waals surface area (Å²) < 4.78 is 25.7. The minimum Gasteiger partial charge on any atom is -0.481 e. The molecule has 1 unspecified atom stereocenters. The molecule has 0 aliphatic carbocycles. The van der Waals surface area contributed by atoms with Gasteiger partial charge in [-0.15, -0.1) is 0 Å². The summed E-state index contributed by atoms with van der Waals surface area (Å²) >= 11 is 0. The summed E-state index contributed by atoms with van der Waals surface area (Å²) in [7, 11) is -3.57. The first-order valence-corrected chi connectivity index (χ1v) is 7.21. The van der Waals surface area contributed by atoms with Gasteiger partial charge in [-0.2, -0.15) is 0 Å². The van der Waals surface area contributed by atoms with Crippen molar-refractivity contribution in [2.45, 2.75) is 20.4 Å². The van der Waals surface area contributed by atoms with Crippen LogP contribution < -0.4 is 4.72 Å². The van der Waals surface area contributed by atoms with Gasteiger partial charge in [0.15, 0.2) is 0 Å². The van der Waals surface area contributed by atoms with Crippen LogP contribution in [0.5, 0.6) is 0 Å². The highest BCUT2D eigenvalue weighted by Gasteiger charge is 2.20. The molecule has 0 spiro atoms. The van der Waals surface area contributed by atoms with Crippen LogP contribution in [0.3, 0.4) is 0 Å². The molecule has 0 heterocycles. The molecular weight excluding hydrogens is 254 g/mol. The number of nitrogens with one attached hydrogen (secondary N) is 1. The summed E-state index contributed by atoms with van der Waals surface area (Å²) in [6, 6.07) is 7.43.